The molecule has 2 atom stereocenters. The van der Waals surface area contributed by atoms with Crippen molar-refractivity contribution in [3.63, 3.8) is 0 Å². The summed E-state index contributed by atoms with van der Waals surface area (Å²) in [4.78, 5) is 12.0. The fourth-order valence-electron chi connectivity index (χ4n) is 2.86. The van der Waals surface area contributed by atoms with E-state index in [1.165, 1.54) is 12.1 Å². The largest absolute Gasteiger partial charge is 0.444 e. The zero-order valence-electron chi connectivity index (χ0n) is 11.8. The van der Waals surface area contributed by atoms with Gasteiger partial charge in [-0.05, 0) is 52.0 Å². The number of halogens is 3. The first-order chi connectivity index (χ1) is 10.4. The molecule has 1 aromatic heterocycles. The van der Waals surface area contributed by atoms with Crippen molar-refractivity contribution < 1.29 is 18.0 Å². The molecule has 0 bridgehead atoms. The first-order valence-electron chi connectivity index (χ1n) is 6.91. The molecule has 0 saturated heterocycles. The fourth-order valence-corrected chi connectivity index (χ4v) is 3.17. The van der Waals surface area contributed by atoms with Gasteiger partial charge in [-0.2, -0.15) is 0 Å². The quantitative estimate of drug-likeness (QED) is 0.883. The van der Waals surface area contributed by atoms with Gasteiger partial charge in [-0.15, -0.1) is 0 Å². The van der Waals surface area contributed by atoms with Crippen molar-refractivity contribution >= 4 is 21.8 Å². The van der Waals surface area contributed by atoms with Crippen LogP contribution in [0.3, 0.4) is 0 Å². The zero-order valence-corrected chi connectivity index (χ0v) is 13.4. The van der Waals surface area contributed by atoms with Gasteiger partial charge in [0.2, 0.25) is 0 Å². The topological polar surface area (TPSA) is 42.2 Å². The lowest BCUT2D eigenvalue weighted by atomic mass is 9.92. The van der Waals surface area contributed by atoms with Crippen molar-refractivity contribution in [3.8, 4) is 0 Å². The lowest BCUT2D eigenvalue weighted by molar-refractivity contribution is 0.0919. The van der Waals surface area contributed by atoms with Gasteiger partial charge in [0.15, 0.2) is 10.4 Å². The van der Waals surface area contributed by atoms with Crippen molar-refractivity contribution in [2.24, 2.45) is 5.92 Å². The molecule has 1 aliphatic carbocycles. The number of carbonyl (C=O) groups excluding carboxylic acids is 1. The SMILES string of the molecule is CC1CC1(CNC(=O)c1ccc(Br)o1)c1ccc(F)cc1F. The Balaban J connectivity index is 1.76. The summed E-state index contributed by atoms with van der Waals surface area (Å²) in [6, 6.07) is 6.78. The third-order valence-corrected chi connectivity index (χ3v) is 4.71. The molecule has 1 saturated carbocycles. The van der Waals surface area contributed by atoms with Crippen LogP contribution >= 0.6 is 15.9 Å². The molecule has 1 heterocycles. The van der Waals surface area contributed by atoms with Crippen LogP contribution in [0.1, 0.15) is 29.5 Å². The van der Waals surface area contributed by atoms with Crippen LogP contribution in [-0.2, 0) is 5.41 Å². The molecular formula is C16H14BrF2NO2. The van der Waals surface area contributed by atoms with E-state index in [0.717, 1.165) is 12.5 Å². The van der Waals surface area contributed by atoms with E-state index in [0.29, 0.717) is 10.2 Å². The number of rotatable bonds is 4. The van der Waals surface area contributed by atoms with Gasteiger partial charge in [0.1, 0.15) is 11.6 Å². The highest BCUT2D eigenvalue weighted by Gasteiger charge is 2.53. The lowest BCUT2D eigenvalue weighted by Gasteiger charge is -2.18. The van der Waals surface area contributed by atoms with E-state index in [-0.39, 0.29) is 24.1 Å². The Labute approximate surface area is 134 Å². The summed E-state index contributed by atoms with van der Waals surface area (Å²) < 4.78 is 32.8. The highest BCUT2D eigenvalue weighted by Crippen LogP contribution is 2.54. The highest BCUT2D eigenvalue weighted by atomic mass is 79.9. The second-order valence-electron chi connectivity index (χ2n) is 5.67. The second-order valence-corrected chi connectivity index (χ2v) is 6.45. The maximum atomic E-state index is 14.0. The van der Waals surface area contributed by atoms with Crippen molar-refractivity contribution in [3.05, 3.63) is 58.0 Å². The van der Waals surface area contributed by atoms with Crippen LogP contribution in [0.5, 0.6) is 0 Å². The fraction of sp³-hybridized carbons (Fsp3) is 0.312. The minimum absolute atomic E-state index is 0.190. The van der Waals surface area contributed by atoms with Crippen molar-refractivity contribution in [1.29, 1.82) is 0 Å². The summed E-state index contributed by atoms with van der Waals surface area (Å²) in [5.41, 5.74) is -0.0283. The minimum Gasteiger partial charge on any atom is -0.444 e. The van der Waals surface area contributed by atoms with Gasteiger partial charge in [0.05, 0.1) is 0 Å². The standard InChI is InChI=1S/C16H14BrF2NO2/c1-9-7-16(9,11-3-2-10(18)6-12(11)19)8-20-15(21)13-4-5-14(17)22-13/h2-6,9H,7-8H2,1H3,(H,20,21). The third-order valence-electron chi connectivity index (χ3n) is 4.28. The average Bonchev–Trinajstić information content (AvgIpc) is 2.90. The van der Waals surface area contributed by atoms with Gasteiger partial charge in [-0.1, -0.05) is 13.0 Å². The Bertz CT molecular complexity index is 731. The maximum Gasteiger partial charge on any atom is 0.287 e. The second kappa shape index (κ2) is 5.50. The normalized spacial score (nSPS) is 23.4. The summed E-state index contributed by atoms with van der Waals surface area (Å²) in [6.45, 7) is 2.27. The first kappa shape index (κ1) is 15.2. The van der Waals surface area contributed by atoms with Gasteiger partial charge < -0.3 is 9.73 Å². The smallest absolute Gasteiger partial charge is 0.287 e. The van der Waals surface area contributed by atoms with Crippen LogP contribution in [0.4, 0.5) is 8.78 Å². The number of amides is 1. The number of carbonyl (C=O) groups is 1. The number of hydrogen-bond acceptors (Lipinski definition) is 2. The molecule has 1 aromatic carbocycles. The van der Waals surface area contributed by atoms with Gasteiger partial charge in [-0.3, -0.25) is 4.79 Å². The molecule has 2 aromatic rings. The molecule has 1 amide bonds. The van der Waals surface area contributed by atoms with Crippen LogP contribution in [0.15, 0.2) is 39.4 Å². The number of benzene rings is 1. The molecular weight excluding hydrogens is 356 g/mol. The Hall–Kier alpha value is -1.69. The minimum atomic E-state index is -0.603. The third kappa shape index (κ3) is 2.67. The van der Waals surface area contributed by atoms with E-state index < -0.39 is 17.0 Å². The van der Waals surface area contributed by atoms with E-state index in [1.54, 1.807) is 12.1 Å². The molecule has 0 spiro atoms. The summed E-state index contributed by atoms with van der Waals surface area (Å²) in [5.74, 6) is -1.12. The Morgan fingerprint density at radius 2 is 2.14 bits per heavy atom. The zero-order chi connectivity index (χ0) is 15.9. The molecule has 1 fully saturated rings. The average molecular weight is 370 g/mol. The summed E-state index contributed by atoms with van der Waals surface area (Å²) >= 11 is 3.13. The van der Waals surface area contributed by atoms with Crippen LogP contribution in [-0.4, -0.2) is 12.5 Å². The Morgan fingerprint density at radius 1 is 1.41 bits per heavy atom. The number of furan rings is 1. The predicted octanol–water partition coefficient (Wildman–Crippen LogP) is 4.03. The van der Waals surface area contributed by atoms with Gasteiger partial charge in [-0.25, -0.2) is 8.78 Å². The predicted molar refractivity (Wildman–Crippen MR) is 80.6 cm³/mol. The number of nitrogens with one attached hydrogen (secondary N) is 1. The Morgan fingerprint density at radius 3 is 2.68 bits per heavy atom. The molecule has 3 rings (SSSR count). The van der Waals surface area contributed by atoms with E-state index in [2.05, 4.69) is 21.2 Å². The van der Waals surface area contributed by atoms with Crippen LogP contribution < -0.4 is 5.32 Å². The van der Waals surface area contributed by atoms with E-state index in [1.807, 2.05) is 6.92 Å². The number of hydrogen-bond donors (Lipinski definition) is 1. The molecule has 1 N–H and O–H groups in total. The molecule has 116 valence electrons. The summed E-state index contributed by atoms with van der Waals surface area (Å²) in [6.07, 6.45) is 0.748. The maximum absolute atomic E-state index is 14.0. The van der Waals surface area contributed by atoms with Crippen molar-refractivity contribution in [1.82, 2.24) is 5.32 Å². The van der Waals surface area contributed by atoms with Crippen LogP contribution in [0.2, 0.25) is 0 Å². The lowest BCUT2D eigenvalue weighted by Crippen LogP contribution is -2.33. The molecule has 6 heteroatoms. The molecule has 3 nitrogen and oxygen atoms in total. The first-order valence-corrected chi connectivity index (χ1v) is 7.71. The van der Waals surface area contributed by atoms with Gasteiger partial charge in [0, 0.05) is 18.0 Å². The van der Waals surface area contributed by atoms with E-state index in [4.69, 9.17) is 4.42 Å². The van der Waals surface area contributed by atoms with Gasteiger partial charge >= 0.3 is 0 Å². The molecule has 0 aliphatic heterocycles. The molecule has 22 heavy (non-hydrogen) atoms. The van der Waals surface area contributed by atoms with Gasteiger partial charge in [0.25, 0.3) is 5.91 Å². The molecule has 0 radical (unpaired) electrons. The van der Waals surface area contributed by atoms with Crippen molar-refractivity contribution in [2.45, 2.75) is 18.8 Å². The van der Waals surface area contributed by atoms with Crippen LogP contribution in [0, 0.1) is 17.6 Å². The van der Waals surface area contributed by atoms with Crippen LogP contribution in [0.25, 0.3) is 0 Å². The van der Waals surface area contributed by atoms with E-state index >= 15 is 0 Å². The highest BCUT2D eigenvalue weighted by molar-refractivity contribution is 9.10. The van der Waals surface area contributed by atoms with Crippen molar-refractivity contribution in [2.75, 3.05) is 6.54 Å². The monoisotopic (exact) mass is 369 g/mol. The van der Waals surface area contributed by atoms with E-state index in [9.17, 15) is 13.6 Å². The molecule has 2 unspecified atom stereocenters. The summed E-state index contributed by atoms with van der Waals surface area (Å²) in [7, 11) is 0. The molecule has 1 aliphatic rings. The summed E-state index contributed by atoms with van der Waals surface area (Å²) in [5, 5.41) is 2.77. The Kier molecular flexibility index (Phi) is 3.80.